The SMILES string of the molecule is CC(=O)[O-].Cc1cn(C[C@H](NC(=O)OCc2ccccc2)C(=O)O)c(=O)nc1N1CCC(CN=C2NC=C[NH2+]2)CC1. The molecule has 14 nitrogen and oxygen atoms in total. The molecule has 0 aliphatic carbocycles. The van der Waals surface area contributed by atoms with Gasteiger partial charge in [0, 0.05) is 37.4 Å². The lowest BCUT2D eigenvalue weighted by Crippen LogP contribution is -2.82. The number of carbonyl (C=O) groups is 3. The van der Waals surface area contributed by atoms with E-state index in [-0.39, 0.29) is 13.2 Å². The number of hydrogen-bond donors (Lipinski definition) is 4. The number of guanidine groups is 1. The number of aromatic nitrogens is 2. The van der Waals surface area contributed by atoms with Gasteiger partial charge in [0.1, 0.15) is 24.7 Å². The zero-order chi connectivity index (χ0) is 29.8. The molecule has 0 bridgehead atoms. The van der Waals surface area contributed by atoms with Crippen LogP contribution < -0.4 is 31.6 Å². The minimum absolute atomic E-state index is 0.00503. The van der Waals surface area contributed by atoms with Gasteiger partial charge in [-0.2, -0.15) is 4.98 Å². The van der Waals surface area contributed by atoms with Crippen molar-refractivity contribution in [3.63, 3.8) is 0 Å². The van der Waals surface area contributed by atoms with E-state index < -0.39 is 29.8 Å². The van der Waals surface area contributed by atoms with Crippen LogP contribution >= 0.6 is 0 Å². The molecule has 14 heteroatoms. The highest BCUT2D eigenvalue weighted by Gasteiger charge is 2.25. The van der Waals surface area contributed by atoms with Gasteiger partial charge in [-0.15, -0.1) is 0 Å². The molecule has 1 atom stereocenters. The van der Waals surface area contributed by atoms with Crippen molar-refractivity contribution in [2.75, 3.05) is 24.5 Å². The monoisotopic (exact) mass is 569 g/mol. The van der Waals surface area contributed by atoms with Crippen LogP contribution in [0.3, 0.4) is 0 Å². The highest BCUT2D eigenvalue weighted by molar-refractivity contribution is 5.79. The second-order valence-electron chi connectivity index (χ2n) is 9.60. The molecule has 2 aliphatic rings. The van der Waals surface area contributed by atoms with Crippen LogP contribution in [0.5, 0.6) is 0 Å². The molecule has 2 aliphatic heterocycles. The van der Waals surface area contributed by atoms with Crippen molar-refractivity contribution in [1.29, 1.82) is 0 Å². The number of rotatable bonds is 9. The van der Waals surface area contributed by atoms with Crippen LogP contribution in [0.25, 0.3) is 0 Å². The number of anilines is 1. The summed E-state index contributed by atoms with van der Waals surface area (Å²) in [5.41, 5.74) is 0.954. The molecule has 4 rings (SSSR count). The first-order valence-corrected chi connectivity index (χ1v) is 13.1. The lowest BCUT2D eigenvalue weighted by Gasteiger charge is -2.33. The molecule has 1 aromatic carbocycles. The number of piperidine rings is 1. The number of amides is 1. The number of quaternary nitrogens is 1. The quantitative estimate of drug-likeness (QED) is 0.288. The van der Waals surface area contributed by atoms with Crippen LogP contribution in [0.1, 0.15) is 30.9 Å². The molecule has 1 saturated heterocycles. The van der Waals surface area contributed by atoms with Crippen molar-refractivity contribution in [2.24, 2.45) is 10.9 Å². The summed E-state index contributed by atoms with van der Waals surface area (Å²) in [5.74, 6) is -0.424. The molecular weight excluding hydrogens is 534 g/mol. The normalized spacial score (nSPS) is 16.3. The third kappa shape index (κ3) is 10.1. The van der Waals surface area contributed by atoms with E-state index in [0.29, 0.717) is 11.7 Å². The predicted molar refractivity (Wildman–Crippen MR) is 147 cm³/mol. The summed E-state index contributed by atoms with van der Waals surface area (Å²) in [6.07, 6.45) is 6.35. The Labute approximate surface area is 236 Å². The van der Waals surface area contributed by atoms with E-state index in [1.807, 2.05) is 42.8 Å². The second-order valence-corrected chi connectivity index (χ2v) is 9.60. The lowest BCUT2D eigenvalue weighted by atomic mass is 9.97. The highest BCUT2D eigenvalue weighted by Crippen LogP contribution is 2.23. The number of alkyl carbamates (subject to hydrolysis) is 1. The van der Waals surface area contributed by atoms with Gasteiger partial charge in [0.15, 0.2) is 0 Å². The fourth-order valence-electron chi connectivity index (χ4n) is 4.30. The molecular formula is C27H35N7O7. The molecule has 1 amide bonds. The van der Waals surface area contributed by atoms with E-state index in [9.17, 15) is 19.5 Å². The average molecular weight is 570 g/mol. The molecule has 0 radical (unpaired) electrons. The van der Waals surface area contributed by atoms with Crippen LogP contribution in [0.15, 0.2) is 58.7 Å². The number of carbonyl (C=O) groups excluding carboxylic acids is 2. The maximum atomic E-state index is 12.8. The summed E-state index contributed by atoms with van der Waals surface area (Å²) >= 11 is 0. The molecule has 5 N–H and O–H groups in total. The third-order valence-corrected chi connectivity index (χ3v) is 6.35. The van der Waals surface area contributed by atoms with Gasteiger partial charge in [0.2, 0.25) is 0 Å². The minimum atomic E-state index is -1.35. The predicted octanol–water partition coefficient (Wildman–Crippen LogP) is -1.10. The lowest BCUT2D eigenvalue weighted by molar-refractivity contribution is -0.459. The van der Waals surface area contributed by atoms with E-state index in [1.165, 1.54) is 4.57 Å². The fourth-order valence-corrected chi connectivity index (χ4v) is 4.30. The molecule has 3 heterocycles. The molecule has 41 heavy (non-hydrogen) atoms. The summed E-state index contributed by atoms with van der Waals surface area (Å²) < 4.78 is 6.32. The summed E-state index contributed by atoms with van der Waals surface area (Å²) in [6, 6.07) is 7.69. The number of carboxylic acid groups (broad SMARTS) is 2. The van der Waals surface area contributed by atoms with E-state index in [2.05, 4.69) is 25.5 Å². The van der Waals surface area contributed by atoms with Gasteiger partial charge in [-0.1, -0.05) is 30.3 Å². The van der Waals surface area contributed by atoms with Crippen molar-refractivity contribution in [3.05, 3.63) is 70.5 Å². The van der Waals surface area contributed by atoms with Gasteiger partial charge in [-0.05, 0) is 38.2 Å². The van der Waals surface area contributed by atoms with Crippen LogP contribution in [-0.2, 0) is 27.5 Å². The third-order valence-electron chi connectivity index (χ3n) is 6.35. The number of carboxylic acids is 2. The number of aliphatic imine (C=N–C) groups is 1. The summed E-state index contributed by atoms with van der Waals surface area (Å²) in [4.78, 5) is 56.5. The summed E-state index contributed by atoms with van der Waals surface area (Å²) in [5, 5.41) is 25.8. The average Bonchev–Trinajstić information content (AvgIpc) is 3.46. The van der Waals surface area contributed by atoms with Crippen molar-refractivity contribution in [2.45, 2.75) is 45.9 Å². The number of nitrogens with one attached hydrogen (secondary N) is 2. The van der Waals surface area contributed by atoms with Crippen LogP contribution in [-0.4, -0.2) is 64.3 Å². The van der Waals surface area contributed by atoms with Crippen molar-refractivity contribution in [3.8, 4) is 0 Å². The van der Waals surface area contributed by atoms with Crippen LogP contribution in [0.4, 0.5) is 10.6 Å². The number of aryl methyl sites for hydroxylation is 1. The van der Waals surface area contributed by atoms with Crippen LogP contribution in [0, 0.1) is 12.8 Å². The van der Waals surface area contributed by atoms with Gasteiger partial charge in [-0.3, -0.25) is 15.2 Å². The topological polar surface area (TPSA) is 195 Å². The molecule has 2 aromatic rings. The Hall–Kier alpha value is -4.72. The Morgan fingerprint density at radius 1 is 1.27 bits per heavy atom. The Morgan fingerprint density at radius 2 is 1.95 bits per heavy atom. The Bertz CT molecular complexity index is 1310. The van der Waals surface area contributed by atoms with Crippen molar-refractivity contribution in [1.82, 2.24) is 20.2 Å². The number of nitrogens with two attached hydrogens (primary N) is 1. The second kappa shape index (κ2) is 15.2. The van der Waals surface area contributed by atoms with Crippen molar-refractivity contribution < 1.29 is 34.7 Å². The molecule has 0 unspecified atom stereocenters. The number of aliphatic carboxylic acids is 2. The van der Waals surface area contributed by atoms with Gasteiger partial charge in [-0.25, -0.2) is 19.4 Å². The summed E-state index contributed by atoms with van der Waals surface area (Å²) in [6.45, 7) is 4.81. The molecule has 220 valence electrons. The zero-order valence-electron chi connectivity index (χ0n) is 23.0. The van der Waals surface area contributed by atoms with Crippen molar-refractivity contribution >= 4 is 29.8 Å². The number of ether oxygens (including phenoxy) is 1. The van der Waals surface area contributed by atoms with E-state index >= 15 is 0 Å². The smallest absolute Gasteiger partial charge is 0.408 e. The number of hydrogen-bond acceptors (Lipinski definition) is 9. The molecule has 1 aromatic heterocycles. The Kier molecular flexibility index (Phi) is 11.4. The Morgan fingerprint density at radius 3 is 2.56 bits per heavy atom. The first-order chi connectivity index (χ1) is 19.6. The largest absolute Gasteiger partial charge is 0.550 e. The van der Waals surface area contributed by atoms with E-state index in [1.54, 1.807) is 18.3 Å². The molecule has 0 spiro atoms. The van der Waals surface area contributed by atoms with Gasteiger partial charge in [0.25, 0.3) is 0 Å². The van der Waals surface area contributed by atoms with Gasteiger partial charge in [0.05, 0.1) is 12.7 Å². The first kappa shape index (κ1) is 30.8. The van der Waals surface area contributed by atoms with E-state index in [0.717, 1.165) is 56.5 Å². The van der Waals surface area contributed by atoms with Crippen LogP contribution in [0.2, 0.25) is 0 Å². The molecule has 1 fully saturated rings. The molecule has 0 saturated carbocycles. The summed E-state index contributed by atoms with van der Waals surface area (Å²) in [7, 11) is 0. The standard InChI is InChI=1S/C25H31N7O5.C2H4O2/c1-17-14-32(15-20(22(33)34)29-25(36)37-16-19-5-3-2-4-6-19)24(35)30-21(17)31-11-7-18(8-12-31)13-28-23-26-9-10-27-23;1-2(3)4/h2-6,9-10,14,18,20H,7-8,11-13,15-16H2,1H3,(H,29,36)(H,33,34)(H2,26,27,28);1H3,(H,3,4)/t20-;/m0./s1. The number of benzene rings is 1. The minimum Gasteiger partial charge on any atom is -0.550 e. The maximum Gasteiger partial charge on any atom is 0.408 e. The fraction of sp³-hybridized carbons (Fsp3) is 0.407. The van der Waals surface area contributed by atoms with Gasteiger partial charge < -0.3 is 30.0 Å². The van der Waals surface area contributed by atoms with Gasteiger partial charge >= 0.3 is 23.7 Å². The number of nitrogens with zero attached hydrogens (tertiary/aromatic N) is 4. The zero-order valence-corrected chi connectivity index (χ0v) is 23.0. The Balaban J connectivity index is 0.00000108. The first-order valence-electron chi connectivity index (χ1n) is 13.1. The van der Waals surface area contributed by atoms with E-state index in [4.69, 9.17) is 14.6 Å². The maximum absolute atomic E-state index is 12.8. The highest BCUT2D eigenvalue weighted by atomic mass is 16.5.